The number of nitrogens with zero attached hydrogens (tertiary/aromatic N) is 1. The maximum Gasteiger partial charge on any atom is 0.273 e. The highest BCUT2D eigenvalue weighted by Gasteiger charge is 2.50. The van der Waals surface area contributed by atoms with Gasteiger partial charge in [-0.15, -0.1) is 0 Å². The van der Waals surface area contributed by atoms with Gasteiger partial charge in [0.05, 0.1) is 0 Å². The summed E-state index contributed by atoms with van der Waals surface area (Å²) in [5.74, 6) is 3.51. The minimum absolute atomic E-state index is 0.100. The smallest absolute Gasteiger partial charge is 0.273 e. The summed E-state index contributed by atoms with van der Waals surface area (Å²) in [6, 6.07) is 1.69. The van der Waals surface area contributed by atoms with Crippen LogP contribution in [0.1, 0.15) is 61.2 Å². The van der Waals surface area contributed by atoms with Crippen LogP contribution in [0, 0.1) is 30.1 Å². The number of amides is 1. The van der Waals surface area contributed by atoms with Gasteiger partial charge in [-0.1, -0.05) is 5.16 Å². The Morgan fingerprint density at radius 3 is 2.43 bits per heavy atom. The first-order valence-electron chi connectivity index (χ1n) is 8.33. The van der Waals surface area contributed by atoms with E-state index in [1.165, 1.54) is 38.5 Å². The maximum absolute atomic E-state index is 12.0. The zero-order valence-corrected chi connectivity index (χ0v) is 12.7. The third-order valence-corrected chi connectivity index (χ3v) is 5.97. The third-order valence-electron chi connectivity index (χ3n) is 5.97. The number of carbonyl (C=O) groups is 1. The molecule has 21 heavy (non-hydrogen) atoms. The molecular weight excluding hydrogens is 264 g/mol. The Balaban J connectivity index is 1.34. The first kappa shape index (κ1) is 13.4. The Labute approximate surface area is 125 Å². The van der Waals surface area contributed by atoms with Crippen molar-refractivity contribution in [3.05, 3.63) is 17.5 Å². The normalized spacial score (nSPS) is 36.9. The van der Waals surface area contributed by atoms with Gasteiger partial charge in [-0.05, 0) is 75.0 Å². The number of hydrogen-bond donors (Lipinski definition) is 1. The highest BCUT2D eigenvalue weighted by molar-refractivity contribution is 5.92. The van der Waals surface area contributed by atoms with Gasteiger partial charge in [-0.2, -0.15) is 0 Å². The molecular formula is C17H24N2O2. The molecule has 4 saturated carbocycles. The van der Waals surface area contributed by atoms with E-state index in [-0.39, 0.29) is 5.91 Å². The first-order valence-corrected chi connectivity index (χ1v) is 8.33. The van der Waals surface area contributed by atoms with Crippen LogP contribution in [0.4, 0.5) is 0 Å². The second-order valence-corrected chi connectivity index (χ2v) is 7.75. The van der Waals surface area contributed by atoms with Crippen LogP contribution in [0.25, 0.3) is 0 Å². The van der Waals surface area contributed by atoms with Gasteiger partial charge in [0.25, 0.3) is 5.91 Å². The number of rotatable bonds is 4. The summed E-state index contributed by atoms with van der Waals surface area (Å²) in [7, 11) is 0. The summed E-state index contributed by atoms with van der Waals surface area (Å²) >= 11 is 0. The second kappa shape index (κ2) is 4.85. The summed E-state index contributed by atoms with van der Waals surface area (Å²) in [6.45, 7) is 2.58. The van der Waals surface area contributed by atoms with E-state index in [0.717, 1.165) is 30.7 Å². The third kappa shape index (κ3) is 2.49. The lowest BCUT2D eigenvalue weighted by atomic mass is 9.49. The SMILES string of the molecule is Cc1cc(C(=O)NCCC23CC4CC(CC(C4)C2)C3)no1. The lowest BCUT2D eigenvalue weighted by Gasteiger charge is -2.57. The largest absolute Gasteiger partial charge is 0.361 e. The van der Waals surface area contributed by atoms with Crippen molar-refractivity contribution in [2.24, 2.45) is 23.2 Å². The number of nitrogens with one attached hydrogen (secondary N) is 1. The van der Waals surface area contributed by atoms with Crippen molar-refractivity contribution in [2.75, 3.05) is 6.54 Å². The van der Waals surface area contributed by atoms with Crippen molar-refractivity contribution < 1.29 is 9.32 Å². The van der Waals surface area contributed by atoms with Crippen molar-refractivity contribution in [3.8, 4) is 0 Å². The number of aryl methyl sites for hydroxylation is 1. The zero-order chi connectivity index (χ0) is 14.4. The van der Waals surface area contributed by atoms with Crippen LogP contribution >= 0.6 is 0 Å². The molecule has 0 saturated heterocycles. The van der Waals surface area contributed by atoms with Gasteiger partial charge in [0, 0.05) is 12.6 Å². The molecule has 0 aliphatic heterocycles. The fraction of sp³-hybridized carbons (Fsp3) is 0.765. The monoisotopic (exact) mass is 288 g/mol. The molecule has 114 valence electrons. The van der Waals surface area contributed by atoms with Gasteiger partial charge >= 0.3 is 0 Å². The van der Waals surface area contributed by atoms with E-state index in [4.69, 9.17) is 4.52 Å². The van der Waals surface area contributed by atoms with Gasteiger partial charge in [-0.25, -0.2) is 0 Å². The van der Waals surface area contributed by atoms with Crippen molar-refractivity contribution in [1.82, 2.24) is 10.5 Å². The number of hydrogen-bond acceptors (Lipinski definition) is 3. The molecule has 1 aromatic rings. The number of carbonyl (C=O) groups excluding carboxylic acids is 1. The van der Waals surface area contributed by atoms with Crippen LogP contribution in [-0.4, -0.2) is 17.6 Å². The molecule has 0 spiro atoms. The van der Waals surface area contributed by atoms with Crippen LogP contribution in [0.5, 0.6) is 0 Å². The predicted octanol–water partition coefficient (Wildman–Crippen LogP) is 3.32. The quantitative estimate of drug-likeness (QED) is 0.924. The van der Waals surface area contributed by atoms with Crippen LogP contribution in [0.15, 0.2) is 10.6 Å². The maximum atomic E-state index is 12.0. The van der Waals surface area contributed by atoms with Gasteiger partial charge < -0.3 is 9.84 Å². The minimum Gasteiger partial charge on any atom is -0.361 e. The van der Waals surface area contributed by atoms with E-state index in [0.29, 0.717) is 16.9 Å². The Morgan fingerprint density at radius 2 is 1.90 bits per heavy atom. The Bertz CT molecular complexity index is 513. The molecule has 5 rings (SSSR count). The minimum atomic E-state index is -0.100. The molecule has 4 aliphatic carbocycles. The molecule has 1 aromatic heterocycles. The van der Waals surface area contributed by atoms with Crippen molar-refractivity contribution >= 4 is 5.91 Å². The highest BCUT2D eigenvalue weighted by atomic mass is 16.5. The summed E-state index contributed by atoms with van der Waals surface area (Å²) < 4.78 is 4.96. The van der Waals surface area contributed by atoms with E-state index >= 15 is 0 Å². The Hall–Kier alpha value is -1.32. The summed E-state index contributed by atoms with van der Waals surface area (Å²) in [5, 5.41) is 6.80. The van der Waals surface area contributed by atoms with E-state index in [1.54, 1.807) is 13.0 Å². The van der Waals surface area contributed by atoms with Crippen molar-refractivity contribution in [2.45, 2.75) is 51.9 Å². The molecule has 1 heterocycles. The average molecular weight is 288 g/mol. The zero-order valence-electron chi connectivity index (χ0n) is 12.7. The van der Waals surface area contributed by atoms with E-state index in [2.05, 4.69) is 10.5 Å². The highest BCUT2D eigenvalue weighted by Crippen LogP contribution is 2.61. The molecule has 4 heteroatoms. The van der Waals surface area contributed by atoms with Gasteiger partial charge in [0.2, 0.25) is 0 Å². The summed E-state index contributed by atoms with van der Waals surface area (Å²) in [5.41, 5.74) is 0.930. The molecule has 1 N–H and O–H groups in total. The predicted molar refractivity (Wildman–Crippen MR) is 78.8 cm³/mol. The van der Waals surface area contributed by atoms with E-state index in [1.807, 2.05) is 0 Å². The molecule has 4 nitrogen and oxygen atoms in total. The van der Waals surface area contributed by atoms with Crippen LogP contribution in [-0.2, 0) is 0 Å². The molecule has 4 fully saturated rings. The Kier molecular flexibility index (Phi) is 3.09. The molecule has 1 amide bonds. The van der Waals surface area contributed by atoms with Gasteiger partial charge in [0.15, 0.2) is 5.69 Å². The van der Waals surface area contributed by atoms with E-state index < -0.39 is 0 Å². The fourth-order valence-electron chi connectivity index (χ4n) is 5.60. The topological polar surface area (TPSA) is 55.1 Å². The summed E-state index contributed by atoms with van der Waals surface area (Å²) in [4.78, 5) is 12.0. The molecule has 4 bridgehead atoms. The molecule has 4 aliphatic rings. The van der Waals surface area contributed by atoms with Crippen LogP contribution in [0.2, 0.25) is 0 Å². The fourth-order valence-corrected chi connectivity index (χ4v) is 5.60. The summed E-state index contributed by atoms with van der Waals surface area (Å²) in [6.07, 6.45) is 9.77. The molecule has 0 aromatic carbocycles. The van der Waals surface area contributed by atoms with Gasteiger partial charge in [-0.3, -0.25) is 4.79 Å². The average Bonchev–Trinajstić information content (AvgIpc) is 2.83. The van der Waals surface area contributed by atoms with Crippen molar-refractivity contribution in [1.29, 1.82) is 0 Å². The standard InChI is InChI=1S/C17H24N2O2/c1-11-4-15(19-21-11)16(20)18-3-2-17-8-12-5-13(9-17)7-14(6-12)10-17/h4,12-14H,2-3,5-10H2,1H3,(H,18,20). The van der Waals surface area contributed by atoms with Crippen molar-refractivity contribution in [3.63, 3.8) is 0 Å². The van der Waals surface area contributed by atoms with E-state index in [9.17, 15) is 4.79 Å². The van der Waals surface area contributed by atoms with Crippen LogP contribution < -0.4 is 5.32 Å². The first-order chi connectivity index (χ1) is 10.1. The lowest BCUT2D eigenvalue weighted by molar-refractivity contribution is -0.0564. The van der Waals surface area contributed by atoms with Crippen LogP contribution in [0.3, 0.4) is 0 Å². The molecule has 0 radical (unpaired) electrons. The second-order valence-electron chi connectivity index (χ2n) is 7.75. The number of aromatic nitrogens is 1. The lowest BCUT2D eigenvalue weighted by Crippen LogP contribution is -2.47. The Morgan fingerprint density at radius 1 is 1.29 bits per heavy atom. The molecule has 0 atom stereocenters. The van der Waals surface area contributed by atoms with Gasteiger partial charge in [0.1, 0.15) is 5.76 Å². The molecule has 0 unspecified atom stereocenters.